The lowest BCUT2D eigenvalue weighted by Crippen LogP contribution is -2.54. The van der Waals surface area contributed by atoms with Gasteiger partial charge in [-0.2, -0.15) is 5.10 Å². The molecule has 1 amide bonds. The molecule has 2 saturated heterocycles. The molecule has 36 heavy (non-hydrogen) atoms. The number of ether oxygens (including phenoxy) is 2. The highest BCUT2D eigenvalue weighted by Crippen LogP contribution is 2.35. The van der Waals surface area contributed by atoms with E-state index in [2.05, 4.69) is 28.0 Å². The molecule has 0 radical (unpaired) electrons. The maximum atomic E-state index is 13.0. The van der Waals surface area contributed by atoms with Gasteiger partial charge in [-0.25, -0.2) is 13.1 Å². The van der Waals surface area contributed by atoms with Crippen molar-refractivity contribution in [2.24, 2.45) is 18.9 Å². The normalized spacial score (nSPS) is 29.6. The van der Waals surface area contributed by atoms with Gasteiger partial charge in [0.05, 0.1) is 43.2 Å². The zero-order valence-electron chi connectivity index (χ0n) is 21.3. The van der Waals surface area contributed by atoms with Crippen LogP contribution in [0.2, 0.25) is 0 Å². The molecule has 3 atom stereocenters. The number of nitrogens with zero attached hydrogens (tertiary/aromatic N) is 3. The summed E-state index contributed by atoms with van der Waals surface area (Å²) in [5.74, 6) is 0.504. The molecule has 1 aromatic carbocycles. The van der Waals surface area contributed by atoms with Crippen LogP contribution in [0.4, 0.5) is 0 Å². The van der Waals surface area contributed by atoms with E-state index in [1.807, 2.05) is 22.8 Å². The fourth-order valence-corrected chi connectivity index (χ4v) is 6.94. The van der Waals surface area contributed by atoms with Crippen LogP contribution in [0, 0.1) is 11.8 Å². The van der Waals surface area contributed by atoms with E-state index < -0.39 is 10.0 Å². The van der Waals surface area contributed by atoms with E-state index in [0.29, 0.717) is 45.2 Å². The quantitative estimate of drug-likeness (QED) is 0.604. The maximum Gasteiger partial charge on any atom is 0.228 e. The van der Waals surface area contributed by atoms with Crippen LogP contribution in [0.5, 0.6) is 0 Å². The third-order valence-electron chi connectivity index (χ3n) is 8.15. The highest BCUT2D eigenvalue weighted by Gasteiger charge is 2.37. The Morgan fingerprint density at radius 1 is 1.19 bits per heavy atom. The summed E-state index contributed by atoms with van der Waals surface area (Å²) in [7, 11) is -1.38. The number of benzene rings is 1. The van der Waals surface area contributed by atoms with Crippen molar-refractivity contribution in [3.8, 4) is 0 Å². The second-order valence-corrected chi connectivity index (χ2v) is 12.6. The molecule has 2 aromatic rings. The van der Waals surface area contributed by atoms with Crippen molar-refractivity contribution in [3.05, 3.63) is 30.0 Å². The first-order valence-corrected chi connectivity index (χ1v) is 15.0. The van der Waals surface area contributed by atoms with E-state index in [0.717, 1.165) is 37.6 Å². The molecular weight excluding hydrogens is 480 g/mol. The van der Waals surface area contributed by atoms with E-state index in [-0.39, 0.29) is 29.9 Å². The lowest BCUT2D eigenvalue weighted by atomic mass is 9.82. The third-order valence-corrected chi connectivity index (χ3v) is 8.88. The Kier molecular flexibility index (Phi) is 7.67. The molecule has 3 aliphatic rings. The van der Waals surface area contributed by atoms with Crippen molar-refractivity contribution >= 4 is 26.8 Å². The predicted molar refractivity (Wildman–Crippen MR) is 137 cm³/mol. The summed E-state index contributed by atoms with van der Waals surface area (Å²) in [6.45, 7) is 2.65. The molecule has 0 bridgehead atoms. The molecule has 0 spiro atoms. The van der Waals surface area contributed by atoms with E-state index in [1.165, 1.54) is 17.2 Å². The van der Waals surface area contributed by atoms with Gasteiger partial charge in [0.2, 0.25) is 15.9 Å². The molecule has 1 aliphatic carbocycles. The standard InChI is InChI=1S/C26H38N4O5S/c1-29-25-8-5-19(13-21(25)14-27-29)18-3-6-23(7-4-18)35-17-22-15-30(26(31)20-10-12-34-16-20)11-9-24(22)28-36(2,32)33/h5,8,13-14,18,20,22-24,28H,3-4,6-7,9-12,15-17H2,1-2H3/t18?,20-,22?,23?,24?/m0/s1. The number of aromatic nitrogens is 2. The fraction of sp³-hybridized carbons (Fsp3) is 0.692. The van der Waals surface area contributed by atoms with Crippen LogP contribution in [0.3, 0.4) is 0 Å². The molecule has 1 N–H and O–H groups in total. The number of hydrogen-bond acceptors (Lipinski definition) is 6. The van der Waals surface area contributed by atoms with E-state index >= 15 is 0 Å². The van der Waals surface area contributed by atoms with Crippen molar-refractivity contribution in [1.82, 2.24) is 19.4 Å². The van der Waals surface area contributed by atoms with Gasteiger partial charge in [0.15, 0.2) is 0 Å². The minimum Gasteiger partial charge on any atom is -0.381 e. The second kappa shape index (κ2) is 10.8. The predicted octanol–water partition coefficient (Wildman–Crippen LogP) is 2.42. The van der Waals surface area contributed by atoms with Crippen LogP contribution in [0.15, 0.2) is 24.4 Å². The van der Waals surface area contributed by atoms with Crippen molar-refractivity contribution in [2.75, 3.05) is 39.2 Å². The van der Waals surface area contributed by atoms with Crippen LogP contribution < -0.4 is 4.72 Å². The Morgan fingerprint density at radius 2 is 2.00 bits per heavy atom. The molecule has 198 valence electrons. The number of amides is 1. The van der Waals surface area contributed by atoms with Crippen LogP contribution in [0.1, 0.15) is 50.0 Å². The van der Waals surface area contributed by atoms with Gasteiger partial charge < -0.3 is 14.4 Å². The van der Waals surface area contributed by atoms with Crippen LogP contribution in [-0.2, 0) is 31.3 Å². The zero-order chi connectivity index (χ0) is 25.3. The summed E-state index contributed by atoms with van der Waals surface area (Å²) < 4.78 is 40.4. The maximum absolute atomic E-state index is 13.0. The van der Waals surface area contributed by atoms with E-state index in [9.17, 15) is 13.2 Å². The Labute approximate surface area is 213 Å². The minimum absolute atomic E-state index is 0.0644. The summed E-state index contributed by atoms with van der Waals surface area (Å²) in [6.07, 6.45) is 8.74. The van der Waals surface area contributed by atoms with Crippen LogP contribution >= 0.6 is 0 Å². The smallest absolute Gasteiger partial charge is 0.228 e. The number of sulfonamides is 1. The monoisotopic (exact) mass is 518 g/mol. The third kappa shape index (κ3) is 5.93. The number of hydrogen-bond donors (Lipinski definition) is 1. The molecule has 1 aromatic heterocycles. The van der Waals surface area contributed by atoms with Crippen LogP contribution in [-0.4, -0.2) is 80.3 Å². The second-order valence-electron chi connectivity index (χ2n) is 10.8. The number of aryl methyl sites for hydroxylation is 1. The van der Waals surface area contributed by atoms with Crippen LogP contribution in [0.25, 0.3) is 10.9 Å². The Hall–Kier alpha value is -2.01. The molecule has 2 aliphatic heterocycles. The summed E-state index contributed by atoms with van der Waals surface area (Å²) >= 11 is 0. The number of rotatable bonds is 7. The minimum atomic E-state index is -3.34. The summed E-state index contributed by atoms with van der Waals surface area (Å²) in [6, 6.07) is 6.42. The molecule has 9 nitrogen and oxygen atoms in total. The lowest BCUT2D eigenvalue weighted by molar-refractivity contribution is -0.138. The molecule has 1 saturated carbocycles. The van der Waals surface area contributed by atoms with Gasteiger partial charge in [-0.3, -0.25) is 9.48 Å². The number of piperidine rings is 1. The first-order valence-electron chi connectivity index (χ1n) is 13.1. The van der Waals surface area contributed by atoms with E-state index in [4.69, 9.17) is 9.47 Å². The molecule has 10 heteroatoms. The highest BCUT2D eigenvalue weighted by molar-refractivity contribution is 7.88. The van der Waals surface area contributed by atoms with Crippen molar-refractivity contribution in [3.63, 3.8) is 0 Å². The number of carbonyl (C=O) groups excluding carboxylic acids is 1. The molecule has 3 fully saturated rings. The van der Waals surface area contributed by atoms with Crippen molar-refractivity contribution < 1.29 is 22.7 Å². The Morgan fingerprint density at radius 3 is 2.72 bits per heavy atom. The van der Waals surface area contributed by atoms with Gasteiger partial charge in [0.1, 0.15) is 0 Å². The molecular formula is C26H38N4O5S. The van der Waals surface area contributed by atoms with Gasteiger partial charge in [-0.05, 0) is 62.1 Å². The number of fused-ring (bicyclic) bond motifs is 1. The molecule has 2 unspecified atom stereocenters. The van der Waals surface area contributed by atoms with Gasteiger partial charge in [-0.1, -0.05) is 6.07 Å². The molecule has 3 heterocycles. The van der Waals surface area contributed by atoms with Crippen molar-refractivity contribution in [1.29, 1.82) is 0 Å². The van der Waals surface area contributed by atoms with Gasteiger partial charge in [0.25, 0.3) is 0 Å². The summed E-state index contributed by atoms with van der Waals surface area (Å²) in [5, 5.41) is 5.53. The summed E-state index contributed by atoms with van der Waals surface area (Å²) in [5.41, 5.74) is 2.51. The highest BCUT2D eigenvalue weighted by atomic mass is 32.2. The fourth-order valence-electron chi connectivity index (χ4n) is 6.08. The van der Waals surface area contributed by atoms with Gasteiger partial charge in [0, 0.05) is 44.1 Å². The summed E-state index contributed by atoms with van der Waals surface area (Å²) in [4.78, 5) is 14.8. The average molecular weight is 519 g/mol. The first kappa shape index (κ1) is 25.6. The van der Waals surface area contributed by atoms with Gasteiger partial charge >= 0.3 is 0 Å². The Bertz CT molecular complexity index is 1170. The number of carbonyl (C=O) groups is 1. The van der Waals surface area contributed by atoms with E-state index in [1.54, 1.807) is 0 Å². The Balaban J connectivity index is 1.17. The number of likely N-dealkylation sites (tertiary alicyclic amines) is 1. The van der Waals surface area contributed by atoms with Crippen molar-refractivity contribution in [2.45, 2.75) is 56.6 Å². The number of nitrogens with one attached hydrogen (secondary N) is 1. The SMILES string of the molecule is Cn1ncc2cc(C3CCC(OCC4CN(C(=O)[C@H]5CCOC5)CCC4NS(C)(=O)=O)CC3)ccc21. The lowest BCUT2D eigenvalue weighted by Gasteiger charge is -2.40. The first-order chi connectivity index (χ1) is 17.3. The largest absolute Gasteiger partial charge is 0.381 e. The average Bonchev–Trinajstić information content (AvgIpc) is 3.53. The zero-order valence-corrected chi connectivity index (χ0v) is 22.1. The topological polar surface area (TPSA) is 103 Å². The van der Waals surface area contributed by atoms with Gasteiger partial charge in [-0.15, -0.1) is 0 Å². The molecule has 5 rings (SSSR count).